The van der Waals surface area contributed by atoms with Crippen LogP contribution in [0.1, 0.15) is 27.7 Å². The van der Waals surface area contributed by atoms with Crippen molar-refractivity contribution >= 4 is 5.78 Å². The first-order valence-electron chi connectivity index (χ1n) is 5.71. The number of nitrogens with zero attached hydrogens (tertiary/aromatic N) is 1. The maximum absolute atomic E-state index is 11.6. The van der Waals surface area contributed by atoms with Gasteiger partial charge in [-0.3, -0.25) is 9.69 Å². The average Bonchev–Trinajstić information content (AvgIpc) is 2.13. The summed E-state index contributed by atoms with van der Waals surface area (Å²) in [5, 5.41) is 0. The lowest BCUT2D eigenvalue weighted by molar-refractivity contribution is -0.123. The van der Waals surface area contributed by atoms with E-state index < -0.39 is 0 Å². The van der Waals surface area contributed by atoms with Gasteiger partial charge in [-0.25, -0.2) is 0 Å². The molecule has 0 amide bonds. The molecule has 0 aliphatic carbocycles. The Morgan fingerprint density at radius 3 is 2.27 bits per heavy atom. The van der Waals surface area contributed by atoms with E-state index in [0.717, 1.165) is 13.1 Å². The minimum Gasteiger partial charge on any atom is -0.383 e. The molecule has 3 heteroatoms. The molecule has 0 aromatic rings. The summed E-state index contributed by atoms with van der Waals surface area (Å²) in [7, 11) is 1.69. The van der Waals surface area contributed by atoms with E-state index in [0.29, 0.717) is 24.9 Å². The highest BCUT2D eigenvalue weighted by Crippen LogP contribution is 2.02. The highest BCUT2D eigenvalue weighted by Gasteiger charge is 2.14. The Bertz CT molecular complexity index is 178. The van der Waals surface area contributed by atoms with Crippen molar-refractivity contribution in [2.45, 2.75) is 27.7 Å². The predicted octanol–water partition coefficient (Wildman–Crippen LogP) is 1.82. The van der Waals surface area contributed by atoms with Crippen molar-refractivity contribution in [3.63, 3.8) is 0 Å². The molecule has 0 radical (unpaired) electrons. The van der Waals surface area contributed by atoms with Crippen molar-refractivity contribution in [1.82, 2.24) is 4.90 Å². The molecule has 0 rings (SSSR count). The molecule has 15 heavy (non-hydrogen) atoms. The fourth-order valence-electron chi connectivity index (χ4n) is 1.37. The molecular weight excluding hydrogens is 190 g/mol. The second kappa shape index (κ2) is 7.83. The lowest BCUT2D eigenvalue weighted by atomic mass is 10.1. The monoisotopic (exact) mass is 215 g/mol. The van der Waals surface area contributed by atoms with Crippen molar-refractivity contribution in [2.75, 3.05) is 33.4 Å². The summed E-state index contributed by atoms with van der Waals surface area (Å²) >= 11 is 0. The summed E-state index contributed by atoms with van der Waals surface area (Å²) in [6, 6.07) is 0. The molecule has 0 spiro atoms. The number of Topliss-reactive ketones (excluding diaryl/α,β-unsaturated/α-hetero) is 1. The molecule has 0 saturated carbocycles. The van der Waals surface area contributed by atoms with Crippen LogP contribution in [0.5, 0.6) is 0 Å². The first kappa shape index (κ1) is 14.6. The number of rotatable bonds is 8. The molecule has 0 aliphatic rings. The van der Waals surface area contributed by atoms with E-state index in [9.17, 15) is 4.79 Å². The summed E-state index contributed by atoms with van der Waals surface area (Å²) < 4.78 is 5.04. The largest absolute Gasteiger partial charge is 0.383 e. The Morgan fingerprint density at radius 2 is 1.87 bits per heavy atom. The molecule has 0 saturated heterocycles. The summed E-state index contributed by atoms with van der Waals surface area (Å²) in [6.07, 6.45) is 0. The van der Waals surface area contributed by atoms with Gasteiger partial charge in [-0.15, -0.1) is 0 Å². The number of ether oxygens (including phenoxy) is 1. The molecule has 0 unspecified atom stereocenters. The standard InChI is InChI=1S/C12H25NO2/c1-10(2)8-13(6-7-15-5)9-12(14)11(3)4/h10-11H,6-9H2,1-5H3. The number of hydrogen-bond acceptors (Lipinski definition) is 3. The number of methoxy groups -OCH3 is 1. The van der Waals surface area contributed by atoms with Crippen molar-refractivity contribution in [2.24, 2.45) is 11.8 Å². The van der Waals surface area contributed by atoms with E-state index in [4.69, 9.17) is 4.74 Å². The van der Waals surface area contributed by atoms with Crippen molar-refractivity contribution in [1.29, 1.82) is 0 Å². The van der Waals surface area contributed by atoms with Crippen LogP contribution in [0.4, 0.5) is 0 Å². The van der Waals surface area contributed by atoms with Gasteiger partial charge in [-0.05, 0) is 5.92 Å². The fraction of sp³-hybridized carbons (Fsp3) is 0.917. The zero-order chi connectivity index (χ0) is 11.8. The lowest BCUT2D eigenvalue weighted by Crippen LogP contribution is -2.36. The fourth-order valence-corrected chi connectivity index (χ4v) is 1.37. The van der Waals surface area contributed by atoms with Crippen LogP contribution in [0.25, 0.3) is 0 Å². The third-order valence-corrected chi connectivity index (χ3v) is 2.26. The van der Waals surface area contributed by atoms with E-state index >= 15 is 0 Å². The van der Waals surface area contributed by atoms with Gasteiger partial charge in [0.1, 0.15) is 5.78 Å². The van der Waals surface area contributed by atoms with Gasteiger partial charge in [-0.2, -0.15) is 0 Å². The Balaban J connectivity index is 4.05. The zero-order valence-electron chi connectivity index (χ0n) is 10.7. The third kappa shape index (κ3) is 7.51. The topological polar surface area (TPSA) is 29.5 Å². The molecule has 0 aromatic heterocycles. The van der Waals surface area contributed by atoms with Crippen LogP contribution in [0.3, 0.4) is 0 Å². The molecule has 0 aromatic carbocycles. The smallest absolute Gasteiger partial charge is 0.149 e. The summed E-state index contributed by atoms with van der Waals surface area (Å²) in [4.78, 5) is 13.8. The summed E-state index contributed by atoms with van der Waals surface area (Å²) in [5.74, 6) is 1.02. The molecule has 0 N–H and O–H groups in total. The minimum absolute atomic E-state index is 0.127. The van der Waals surface area contributed by atoms with E-state index in [1.165, 1.54) is 0 Å². The van der Waals surface area contributed by atoms with Gasteiger partial charge < -0.3 is 4.74 Å². The van der Waals surface area contributed by atoms with Crippen molar-refractivity contribution in [3.05, 3.63) is 0 Å². The molecule has 0 bridgehead atoms. The molecule has 3 nitrogen and oxygen atoms in total. The minimum atomic E-state index is 0.127. The van der Waals surface area contributed by atoms with Crippen LogP contribution in [0, 0.1) is 11.8 Å². The Labute approximate surface area is 93.8 Å². The first-order chi connectivity index (χ1) is 6.97. The van der Waals surface area contributed by atoms with Crippen molar-refractivity contribution < 1.29 is 9.53 Å². The normalized spacial score (nSPS) is 11.7. The maximum atomic E-state index is 11.6. The number of hydrogen-bond donors (Lipinski definition) is 0. The third-order valence-electron chi connectivity index (χ3n) is 2.26. The van der Waals surface area contributed by atoms with Gasteiger partial charge in [0.2, 0.25) is 0 Å². The first-order valence-corrected chi connectivity index (χ1v) is 5.71. The highest BCUT2D eigenvalue weighted by atomic mass is 16.5. The molecular formula is C12H25NO2. The van der Waals surface area contributed by atoms with Crippen LogP contribution in [0.15, 0.2) is 0 Å². The number of carbonyl (C=O) groups excluding carboxylic acids is 1. The average molecular weight is 215 g/mol. The van der Waals surface area contributed by atoms with E-state index in [1.807, 2.05) is 13.8 Å². The molecule has 0 atom stereocenters. The van der Waals surface area contributed by atoms with Crippen LogP contribution in [0.2, 0.25) is 0 Å². The summed E-state index contributed by atoms with van der Waals surface area (Å²) in [5.41, 5.74) is 0. The van der Waals surface area contributed by atoms with Crippen LogP contribution in [-0.2, 0) is 9.53 Å². The second-order valence-electron chi connectivity index (χ2n) is 4.74. The van der Waals surface area contributed by atoms with E-state index in [2.05, 4.69) is 18.7 Å². The molecule has 0 aliphatic heterocycles. The number of ketones is 1. The SMILES string of the molecule is COCCN(CC(=O)C(C)C)CC(C)C. The molecule has 90 valence electrons. The predicted molar refractivity (Wildman–Crippen MR) is 63.0 cm³/mol. The highest BCUT2D eigenvalue weighted by molar-refractivity contribution is 5.82. The quantitative estimate of drug-likeness (QED) is 0.618. The maximum Gasteiger partial charge on any atom is 0.149 e. The van der Waals surface area contributed by atoms with Gasteiger partial charge in [0.05, 0.1) is 13.2 Å². The van der Waals surface area contributed by atoms with E-state index in [1.54, 1.807) is 7.11 Å². The van der Waals surface area contributed by atoms with Gasteiger partial charge in [0, 0.05) is 26.1 Å². The molecule has 0 heterocycles. The second-order valence-corrected chi connectivity index (χ2v) is 4.74. The van der Waals surface area contributed by atoms with Crippen LogP contribution < -0.4 is 0 Å². The Morgan fingerprint density at radius 1 is 1.27 bits per heavy atom. The van der Waals surface area contributed by atoms with Gasteiger partial charge in [0.15, 0.2) is 0 Å². The van der Waals surface area contributed by atoms with Crippen LogP contribution >= 0.6 is 0 Å². The van der Waals surface area contributed by atoms with Crippen LogP contribution in [-0.4, -0.2) is 44.0 Å². The van der Waals surface area contributed by atoms with Gasteiger partial charge in [-0.1, -0.05) is 27.7 Å². The lowest BCUT2D eigenvalue weighted by Gasteiger charge is -2.23. The molecule has 0 fully saturated rings. The Kier molecular flexibility index (Phi) is 7.61. The summed E-state index contributed by atoms with van der Waals surface area (Å²) in [6.45, 7) is 11.3. The van der Waals surface area contributed by atoms with Gasteiger partial charge in [0.25, 0.3) is 0 Å². The Hall–Kier alpha value is -0.410. The van der Waals surface area contributed by atoms with Gasteiger partial charge >= 0.3 is 0 Å². The zero-order valence-corrected chi connectivity index (χ0v) is 10.7. The van der Waals surface area contributed by atoms with E-state index in [-0.39, 0.29) is 5.92 Å². The van der Waals surface area contributed by atoms with Crippen molar-refractivity contribution in [3.8, 4) is 0 Å². The number of carbonyl (C=O) groups is 1.